The number of hydrogen-bond donors (Lipinski definition) is 1. The van der Waals surface area contributed by atoms with E-state index in [0.29, 0.717) is 30.6 Å². The Morgan fingerprint density at radius 3 is 2.87 bits per heavy atom. The third-order valence-corrected chi connectivity index (χ3v) is 6.64. The standard InChI is InChI=1S/C17H25N3OS.ClH/c1-19(15-8-13-2-3-14(9-15)18-13)11-17(21)20-6-4-16-12(10-20)5-7-22-16;/h5,7,13-15,18H,2-4,6,8-11H2,1H3;1H. The molecule has 0 aromatic carbocycles. The molecule has 2 atom stereocenters. The number of piperidine rings is 1. The molecule has 6 heteroatoms. The lowest BCUT2D eigenvalue weighted by Crippen LogP contribution is -2.50. The van der Waals surface area contributed by atoms with Gasteiger partial charge in [0.25, 0.3) is 0 Å². The predicted octanol–water partition coefficient (Wildman–Crippen LogP) is 2.27. The van der Waals surface area contributed by atoms with Crippen LogP contribution in [0.2, 0.25) is 0 Å². The highest BCUT2D eigenvalue weighted by atomic mass is 35.5. The van der Waals surface area contributed by atoms with Gasteiger partial charge in [0.15, 0.2) is 0 Å². The number of halogens is 1. The number of thiophene rings is 1. The second-order valence-corrected chi connectivity index (χ2v) is 8.11. The summed E-state index contributed by atoms with van der Waals surface area (Å²) in [6.07, 6.45) is 6.07. The quantitative estimate of drug-likeness (QED) is 0.903. The van der Waals surface area contributed by atoms with E-state index in [4.69, 9.17) is 0 Å². The Morgan fingerprint density at radius 1 is 1.39 bits per heavy atom. The van der Waals surface area contributed by atoms with Gasteiger partial charge in [-0.3, -0.25) is 9.69 Å². The normalized spacial score (nSPS) is 29.3. The Kier molecular flexibility index (Phi) is 5.31. The second-order valence-electron chi connectivity index (χ2n) is 7.11. The molecule has 1 aromatic heterocycles. The zero-order valence-corrected chi connectivity index (χ0v) is 15.3. The Balaban J connectivity index is 0.00000156. The van der Waals surface area contributed by atoms with Crippen molar-refractivity contribution >= 4 is 29.7 Å². The molecule has 2 saturated heterocycles. The van der Waals surface area contributed by atoms with Crippen molar-refractivity contribution in [2.24, 2.45) is 0 Å². The average Bonchev–Trinajstić information content (AvgIpc) is 3.12. The second kappa shape index (κ2) is 7.09. The van der Waals surface area contributed by atoms with Crippen LogP contribution in [0.1, 0.15) is 36.1 Å². The maximum Gasteiger partial charge on any atom is 0.237 e. The molecule has 1 N–H and O–H groups in total. The first-order valence-electron chi connectivity index (χ1n) is 8.48. The minimum absolute atomic E-state index is 0. The molecule has 0 saturated carbocycles. The van der Waals surface area contributed by atoms with Crippen molar-refractivity contribution in [2.45, 2.75) is 56.8 Å². The van der Waals surface area contributed by atoms with E-state index in [1.54, 1.807) is 0 Å². The SMILES string of the molecule is CN(CC(=O)N1CCc2sccc2C1)C1CC2CCC(C1)N2.Cl. The lowest BCUT2D eigenvalue weighted by Gasteiger charge is -2.36. The molecule has 4 rings (SSSR count). The van der Waals surface area contributed by atoms with Crippen LogP contribution in [0.3, 0.4) is 0 Å². The Bertz CT molecular complexity index is 552. The van der Waals surface area contributed by atoms with Gasteiger partial charge in [0.1, 0.15) is 0 Å². The van der Waals surface area contributed by atoms with E-state index < -0.39 is 0 Å². The van der Waals surface area contributed by atoms with Crippen LogP contribution in [0.25, 0.3) is 0 Å². The molecule has 2 bridgehead atoms. The van der Waals surface area contributed by atoms with E-state index in [1.807, 2.05) is 16.2 Å². The number of nitrogens with zero attached hydrogens (tertiary/aromatic N) is 2. The van der Waals surface area contributed by atoms with Gasteiger partial charge in [-0.2, -0.15) is 0 Å². The van der Waals surface area contributed by atoms with E-state index in [9.17, 15) is 4.79 Å². The van der Waals surface area contributed by atoms with E-state index in [2.05, 4.69) is 28.7 Å². The van der Waals surface area contributed by atoms with Crippen LogP contribution in [0, 0.1) is 0 Å². The first kappa shape index (κ1) is 17.2. The van der Waals surface area contributed by atoms with Crippen molar-refractivity contribution < 1.29 is 4.79 Å². The topological polar surface area (TPSA) is 35.6 Å². The van der Waals surface area contributed by atoms with Gasteiger partial charge in [-0.1, -0.05) is 0 Å². The lowest BCUT2D eigenvalue weighted by molar-refractivity contribution is -0.133. The number of hydrogen-bond acceptors (Lipinski definition) is 4. The summed E-state index contributed by atoms with van der Waals surface area (Å²) in [7, 11) is 2.13. The van der Waals surface area contributed by atoms with E-state index in [1.165, 1.54) is 36.1 Å². The van der Waals surface area contributed by atoms with Gasteiger partial charge in [0, 0.05) is 36.1 Å². The molecule has 1 amide bonds. The summed E-state index contributed by atoms with van der Waals surface area (Å²) in [5.41, 5.74) is 1.35. The maximum atomic E-state index is 12.6. The maximum absolute atomic E-state index is 12.6. The van der Waals surface area contributed by atoms with Crippen LogP contribution in [-0.2, 0) is 17.8 Å². The molecule has 2 fully saturated rings. The number of likely N-dealkylation sites (N-methyl/N-ethyl adjacent to an activating group) is 1. The van der Waals surface area contributed by atoms with Crippen LogP contribution in [0.4, 0.5) is 0 Å². The highest BCUT2D eigenvalue weighted by Crippen LogP contribution is 2.29. The molecule has 23 heavy (non-hydrogen) atoms. The third-order valence-electron chi connectivity index (χ3n) is 5.62. The van der Waals surface area contributed by atoms with Gasteiger partial charge in [0.05, 0.1) is 6.54 Å². The van der Waals surface area contributed by atoms with Crippen molar-refractivity contribution in [3.63, 3.8) is 0 Å². The largest absolute Gasteiger partial charge is 0.337 e. The molecule has 128 valence electrons. The molecule has 4 heterocycles. The molecule has 0 aliphatic carbocycles. The molecule has 2 unspecified atom stereocenters. The van der Waals surface area contributed by atoms with Crippen molar-refractivity contribution in [3.05, 3.63) is 21.9 Å². The molecule has 0 radical (unpaired) electrons. The zero-order valence-electron chi connectivity index (χ0n) is 13.7. The highest BCUT2D eigenvalue weighted by molar-refractivity contribution is 7.10. The van der Waals surface area contributed by atoms with Crippen molar-refractivity contribution in [2.75, 3.05) is 20.1 Å². The Morgan fingerprint density at radius 2 is 2.13 bits per heavy atom. The number of nitrogens with one attached hydrogen (secondary N) is 1. The van der Waals surface area contributed by atoms with Gasteiger partial charge in [-0.15, -0.1) is 23.7 Å². The molecule has 4 nitrogen and oxygen atoms in total. The summed E-state index contributed by atoms with van der Waals surface area (Å²) in [5.74, 6) is 0.297. The first-order chi connectivity index (χ1) is 10.7. The minimum Gasteiger partial charge on any atom is -0.337 e. The van der Waals surface area contributed by atoms with E-state index in [0.717, 1.165) is 19.5 Å². The fourth-order valence-electron chi connectivity index (χ4n) is 4.29. The Hall–Kier alpha value is -0.620. The molecular weight excluding hydrogens is 330 g/mol. The highest BCUT2D eigenvalue weighted by Gasteiger charge is 2.35. The minimum atomic E-state index is 0. The summed E-state index contributed by atoms with van der Waals surface area (Å²) < 4.78 is 0. The van der Waals surface area contributed by atoms with Gasteiger partial charge in [-0.05, 0) is 56.2 Å². The summed E-state index contributed by atoms with van der Waals surface area (Å²) in [6, 6.07) is 4.12. The number of carbonyl (C=O) groups is 1. The monoisotopic (exact) mass is 355 g/mol. The lowest BCUT2D eigenvalue weighted by atomic mass is 9.98. The summed E-state index contributed by atoms with van der Waals surface area (Å²) >= 11 is 1.83. The van der Waals surface area contributed by atoms with Crippen LogP contribution in [0.5, 0.6) is 0 Å². The number of fused-ring (bicyclic) bond motifs is 3. The van der Waals surface area contributed by atoms with Gasteiger partial charge in [-0.25, -0.2) is 0 Å². The molecule has 3 aliphatic rings. The third kappa shape index (κ3) is 3.58. The van der Waals surface area contributed by atoms with Crippen molar-refractivity contribution in [3.8, 4) is 0 Å². The van der Waals surface area contributed by atoms with Gasteiger partial charge < -0.3 is 10.2 Å². The zero-order chi connectivity index (χ0) is 15.1. The number of amides is 1. The summed E-state index contributed by atoms with van der Waals surface area (Å²) in [4.78, 5) is 18.4. The summed E-state index contributed by atoms with van der Waals surface area (Å²) in [6.45, 7) is 2.27. The molecular formula is C17H26ClN3OS. The fraction of sp³-hybridized carbons (Fsp3) is 0.706. The predicted molar refractivity (Wildman–Crippen MR) is 96.3 cm³/mol. The average molecular weight is 356 g/mol. The van der Waals surface area contributed by atoms with E-state index >= 15 is 0 Å². The van der Waals surface area contributed by atoms with Crippen molar-refractivity contribution in [1.82, 2.24) is 15.1 Å². The Labute approximate surface area is 148 Å². The molecule has 3 aliphatic heterocycles. The van der Waals surface area contributed by atoms with Crippen LogP contribution < -0.4 is 5.32 Å². The number of carbonyl (C=O) groups excluding carboxylic acids is 1. The molecule has 1 aromatic rings. The van der Waals surface area contributed by atoms with Crippen LogP contribution in [-0.4, -0.2) is 54.0 Å². The van der Waals surface area contributed by atoms with E-state index in [-0.39, 0.29) is 12.4 Å². The van der Waals surface area contributed by atoms with Crippen LogP contribution in [0.15, 0.2) is 11.4 Å². The fourth-order valence-corrected chi connectivity index (χ4v) is 5.18. The first-order valence-corrected chi connectivity index (χ1v) is 9.36. The smallest absolute Gasteiger partial charge is 0.237 e. The summed E-state index contributed by atoms with van der Waals surface area (Å²) in [5, 5.41) is 5.83. The van der Waals surface area contributed by atoms with Gasteiger partial charge >= 0.3 is 0 Å². The van der Waals surface area contributed by atoms with Gasteiger partial charge in [0.2, 0.25) is 5.91 Å². The molecule has 0 spiro atoms. The van der Waals surface area contributed by atoms with Crippen LogP contribution >= 0.6 is 23.7 Å². The van der Waals surface area contributed by atoms with Crippen molar-refractivity contribution in [1.29, 1.82) is 0 Å². The number of rotatable bonds is 3.